The molecule has 0 radical (unpaired) electrons. The molecule has 19 heavy (non-hydrogen) atoms. The van der Waals surface area contributed by atoms with Crippen LogP contribution in [0.2, 0.25) is 0 Å². The van der Waals surface area contributed by atoms with E-state index in [1.165, 1.54) is 0 Å². The second kappa shape index (κ2) is 5.90. The molecule has 6 nitrogen and oxygen atoms in total. The number of hydrogen-bond donors (Lipinski definition) is 1. The lowest BCUT2D eigenvalue weighted by Gasteiger charge is -2.22. The Labute approximate surface area is 112 Å². The van der Waals surface area contributed by atoms with Crippen molar-refractivity contribution in [3.8, 4) is 5.69 Å². The second-order valence-electron chi connectivity index (χ2n) is 4.91. The number of ether oxygens (including phenoxy) is 1. The molecule has 0 spiro atoms. The first-order valence-corrected chi connectivity index (χ1v) is 6.21. The van der Waals surface area contributed by atoms with Crippen LogP contribution in [0.25, 0.3) is 5.69 Å². The number of nitrogens with one attached hydrogen (secondary N) is 1. The highest BCUT2D eigenvalue weighted by molar-refractivity contribution is 5.30. The molecule has 1 heterocycles. The Kier molecular flexibility index (Phi) is 4.24. The number of benzene rings is 1. The highest BCUT2D eigenvalue weighted by Gasteiger charge is 2.16. The van der Waals surface area contributed by atoms with Gasteiger partial charge in [0, 0.05) is 13.7 Å². The summed E-state index contributed by atoms with van der Waals surface area (Å²) in [5.74, 6) is 0.776. The van der Waals surface area contributed by atoms with Gasteiger partial charge in [0.15, 0.2) is 5.82 Å². The molecule has 1 N–H and O–H groups in total. The first-order chi connectivity index (χ1) is 9.12. The lowest BCUT2D eigenvalue weighted by molar-refractivity contribution is 0.0229. The smallest absolute Gasteiger partial charge is 0.170 e. The molecular weight excluding hydrogens is 242 g/mol. The Hall–Kier alpha value is -1.79. The number of aromatic nitrogens is 4. The second-order valence-corrected chi connectivity index (χ2v) is 4.91. The fourth-order valence-electron chi connectivity index (χ4n) is 1.63. The number of rotatable bonds is 6. The normalized spacial score (nSPS) is 11.7. The van der Waals surface area contributed by atoms with E-state index in [0.717, 1.165) is 18.1 Å². The van der Waals surface area contributed by atoms with Crippen LogP contribution in [-0.2, 0) is 11.3 Å². The molecule has 0 fully saturated rings. The zero-order chi connectivity index (χ0) is 13.7. The molecule has 102 valence electrons. The van der Waals surface area contributed by atoms with Gasteiger partial charge in [-0.05, 0) is 36.4 Å². The van der Waals surface area contributed by atoms with Crippen molar-refractivity contribution >= 4 is 0 Å². The van der Waals surface area contributed by atoms with E-state index in [1.54, 1.807) is 11.8 Å². The Bertz CT molecular complexity index is 509. The van der Waals surface area contributed by atoms with Crippen molar-refractivity contribution in [3.05, 3.63) is 36.2 Å². The molecule has 2 aromatic rings. The van der Waals surface area contributed by atoms with Crippen LogP contribution >= 0.6 is 0 Å². The van der Waals surface area contributed by atoms with Crippen LogP contribution in [0.3, 0.4) is 0 Å². The van der Waals surface area contributed by atoms with Gasteiger partial charge in [-0.15, -0.1) is 5.10 Å². The fraction of sp³-hybridized carbons (Fsp3) is 0.462. The number of methoxy groups -OCH3 is 1. The van der Waals surface area contributed by atoms with Crippen LogP contribution in [0.4, 0.5) is 0 Å². The first kappa shape index (κ1) is 13.6. The van der Waals surface area contributed by atoms with E-state index in [4.69, 9.17) is 4.74 Å². The predicted octanol–water partition coefficient (Wildman–Crippen LogP) is 1.18. The van der Waals surface area contributed by atoms with Crippen molar-refractivity contribution in [2.24, 2.45) is 0 Å². The summed E-state index contributed by atoms with van der Waals surface area (Å²) in [7, 11) is 1.70. The number of hydrogen-bond acceptors (Lipinski definition) is 5. The molecule has 0 bridgehead atoms. The third-order valence-electron chi connectivity index (χ3n) is 2.92. The average molecular weight is 261 g/mol. The van der Waals surface area contributed by atoms with Crippen LogP contribution < -0.4 is 5.32 Å². The third kappa shape index (κ3) is 3.59. The van der Waals surface area contributed by atoms with Crippen molar-refractivity contribution < 1.29 is 4.74 Å². The molecule has 6 heteroatoms. The molecule has 2 rings (SSSR count). The Morgan fingerprint density at radius 1 is 1.26 bits per heavy atom. The van der Waals surface area contributed by atoms with Crippen molar-refractivity contribution in [1.29, 1.82) is 0 Å². The first-order valence-electron chi connectivity index (χ1n) is 6.21. The zero-order valence-electron chi connectivity index (χ0n) is 11.5. The van der Waals surface area contributed by atoms with Gasteiger partial charge in [-0.3, -0.25) is 0 Å². The van der Waals surface area contributed by atoms with Gasteiger partial charge in [0.2, 0.25) is 0 Å². The van der Waals surface area contributed by atoms with E-state index in [2.05, 4.69) is 20.8 Å². The molecule has 1 aromatic heterocycles. The molecule has 0 unspecified atom stereocenters. The number of para-hydroxylation sites is 1. The van der Waals surface area contributed by atoms with E-state index in [1.807, 2.05) is 44.2 Å². The Morgan fingerprint density at radius 3 is 2.68 bits per heavy atom. The molecule has 0 saturated heterocycles. The number of tetrazole rings is 1. The maximum absolute atomic E-state index is 5.35. The molecule has 1 aromatic carbocycles. The summed E-state index contributed by atoms with van der Waals surface area (Å²) in [6, 6.07) is 9.83. The van der Waals surface area contributed by atoms with E-state index in [-0.39, 0.29) is 5.60 Å². The highest BCUT2D eigenvalue weighted by atomic mass is 16.5. The minimum absolute atomic E-state index is 0.203. The van der Waals surface area contributed by atoms with Gasteiger partial charge in [0.1, 0.15) is 0 Å². The van der Waals surface area contributed by atoms with Crippen LogP contribution in [-0.4, -0.2) is 39.5 Å². The predicted molar refractivity (Wildman–Crippen MR) is 71.9 cm³/mol. The summed E-state index contributed by atoms with van der Waals surface area (Å²) in [6.45, 7) is 5.38. The van der Waals surface area contributed by atoms with Crippen molar-refractivity contribution in [2.75, 3.05) is 13.7 Å². The standard InChI is InChI=1S/C13H19N5O/c1-13(2,19-3)10-14-9-12-15-16-17-18(12)11-7-5-4-6-8-11/h4-8,14H,9-10H2,1-3H3. The molecular formula is C13H19N5O. The van der Waals surface area contributed by atoms with E-state index >= 15 is 0 Å². The lowest BCUT2D eigenvalue weighted by atomic mass is 10.1. The van der Waals surface area contributed by atoms with Crippen LogP contribution in [0.1, 0.15) is 19.7 Å². The van der Waals surface area contributed by atoms with Gasteiger partial charge in [-0.25, -0.2) is 0 Å². The maximum atomic E-state index is 5.35. The third-order valence-corrected chi connectivity index (χ3v) is 2.92. The molecule has 0 aliphatic rings. The quantitative estimate of drug-likeness (QED) is 0.845. The van der Waals surface area contributed by atoms with Gasteiger partial charge in [-0.2, -0.15) is 4.68 Å². The van der Waals surface area contributed by atoms with Crippen molar-refractivity contribution in [1.82, 2.24) is 25.5 Å². The van der Waals surface area contributed by atoms with Crippen LogP contribution in [0.15, 0.2) is 30.3 Å². The SMILES string of the molecule is COC(C)(C)CNCc1nnnn1-c1ccccc1. The van der Waals surface area contributed by atoms with Gasteiger partial charge in [0.25, 0.3) is 0 Å². The molecule has 0 aliphatic carbocycles. The van der Waals surface area contributed by atoms with Crippen LogP contribution in [0, 0.1) is 0 Å². The minimum atomic E-state index is -0.203. The maximum Gasteiger partial charge on any atom is 0.170 e. The summed E-state index contributed by atoms with van der Waals surface area (Å²) in [4.78, 5) is 0. The minimum Gasteiger partial charge on any atom is -0.377 e. The summed E-state index contributed by atoms with van der Waals surface area (Å²) in [5.41, 5.74) is 0.751. The lowest BCUT2D eigenvalue weighted by Crippen LogP contribution is -2.36. The zero-order valence-corrected chi connectivity index (χ0v) is 11.5. The largest absolute Gasteiger partial charge is 0.377 e. The van der Waals surface area contributed by atoms with Gasteiger partial charge < -0.3 is 10.1 Å². The van der Waals surface area contributed by atoms with Crippen molar-refractivity contribution in [2.45, 2.75) is 26.0 Å². The summed E-state index contributed by atoms with van der Waals surface area (Å²) < 4.78 is 7.08. The van der Waals surface area contributed by atoms with Crippen molar-refractivity contribution in [3.63, 3.8) is 0 Å². The van der Waals surface area contributed by atoms with E-state index in [9.17, 15) is 0 Å². The average Bonchev–Trinajstić information content (AvgIpc) is 2.88. The molecule has 0 aliphatic heterocycles. The monoisotopic (exact) mass is 261 g/mol. The van der Waals surface area contributed by atoms with Gasteiger partial charge >= 0.3 is 0 Å². The van der Waals surface area contributed by atoms with Gasteiger partial charge in [0.05, 0.1) is 17.8 Å². The van der Waals surface area contributed by atoms with E-state index < -0.39 is 0 Å². The summed E-state index contributed by atoms with van der Waals surface area (Å²) >= 11 is 0. The van der Waals surface area contributed by atoms with E-state index in [0.29, 0.717) is 6.54 Å². The molecule has 0 atom stereocenters. The Morgan fingerprint density at radius 2 is 2.00 bits per heavy atom. The van der Waals surface area contributed by atoms with Gasteiger partial charge in [-0.1, -0.05) is 18.2 Å². The number of nitrogens with zero attached hydrogens (tertiary/aromatic N) is 4. The topological polar surface area (TPSA) is 64.9 Å². The van der Waals surface area contributed by atoms with Crippen LogP contribution in [0.5, 0.6) is 0 Å². The highest BCUT2D eigenvalue weighted by Crippen LogP contribution is 2.08. The Balaban J connectivity index is 2.01. The summed E-state index contributed by atoms with van der Waals surface area (Å²) in [5, 5.41) is 15.1. The molecule has 0 amide bonds. The summed E-state index contributed by atoms with van der Waals surface area (Å²) in [6.07, 6.45) is 0. The molecule has 0 saturated carbocycles. The fourth-order valence-corrected chi connectivity index (χ4v) is 1.63.